The zero-order valence-corrected chi connectivity index (χ0v) is 15.5. The van der Waals surface area contributed by atoms with E-state index in [0.29, 0.717) is 11.8 Å². The molecule has 9 heteroatoms. The van der Waals surface area contributed by atoms with Crippen molar-refractivity contribution in [3.63, 3.8) is 0 Å². The number of rotatable bonds is 6. The number of benzene rings is 2. The van der Waals surface area contributed by atoms with Crippen LogP contribution in [0.4, 0.5) is 30.2 Å². The lowest BCUT2D eigenvalue weighted by Gasteiger charge is -2.18. The standard InChI is InChI=1S/C19H20F3N3O3/c1-11(2)14-6-4-5-7-15(14)24-18(26)12(3)23-16-9-8-13(19(20,21)22)10-17(16)25(27)28/h4-12,23H,1-3H3,(H,24,26)/t12-/m0/s1. The number of nitrogens with one attached hydrogen (secondary N) is 2. The predicted molar refractivity (Wildman–Crippen MR) is 100 cm³/mol. The van der Waals surface area contributed by atoms with Crippen molar-refractivity contribution in [1.29, 1.82) is 0 Å². The Hall–Kier alpha value is -3.10. The summed E-state index contributed by atoms with van der Waals surface area (Å²) in [4.78, 5) is 22.7. The first-order valence-corrected chi connectivity index (χ1v) is 8.52. The molecule has 28 heavy (non-hydrogen) atoms. The van der Waals surface area contributed by atoms with E-state index < -0.39 is 34.3 Å². The van der Waals surface area contributed by atoms with E-state index in [-0.39, 0.29) is 11.6 Å². The van der Waals surface area contributed by atoms with Crippen LogP contribution < -0.4 is 10.6 Å². The van der Waals surface area contributed by atoms with Crippen molar-refractivity contribution in [2.45, 2.75) is 38.9 Å². The molecule has 0 aromatic heterocycles. The number of nitro groups is 1. The van der Waals surface area contributed by atoms with E-state index in [1.165, 1.54) is 6.92 Å². The summed E-state index contributed by atoms with van der Waals surface area (Å²) in [7, 11) is 0. The van der Waals surface area contributed by atoms with Gasteiger partial charge in [-0.05, 0) is 36.6 Å². The molecule has 0 saturated heterocycles. The molecule has 0 saturated carbocycles. The number of carbonyl (C=O) groups is 1. The van der Waals surface area contributed by atoms with E-state index in [1.807, 2.05) is 26.0 Å². The fourth-order valence-electron chi connectivity index (χ4n) is 2.64. The molecule has 2 N–H and O–H groups in total. The van der Waals surface area contributed by atoms with Crippen LogP contribution in [0.3, 0.4) is 0 Å². The average Bonchev–Trinajstić information content (AvgIpc) is 2.61. The summed E-state index contributed by atoms with van der Waals surface area (Å²) >= 11 is 0. The lowest BCUT2D eigenvalue weighted by Crippen LogP contribution is -2.32. The third-order valence-corrected chi connectivity index (χ3v) is 4.13. The molecule has 150 valence electrons. The lowest BCUT2D eigenvalue weighted by molar-refractivity contribution is -0.384. The molecule has 0 bridgehead atoms. The lowest BCUT2D eigenvalue weighted by atomic mass is 10.0. The Balaban J connectivity index is 2.21. The number of hydrogen-bond donors (Lipinski definition) is 2. The van der Waals surface area contributed by atoms with E-state index in [4.69, 9.17) is 0 Å². The SMILES string of the molecule is CC(C)c1ccccc1NC(=O)[C@H](C)Nc1ccc(C(F)(F)F)cc1[N+](=O)[O-]. The van der Waals surface area contributed by atoms with E-state index in [0.717, 1.165) is 17.7 Å². The first kappa shape index (κ1) is 21.2. The van der Waals surface area contributed by atoms with Gasteiger partial charge in [0.2, 0.25) is 5.91 Å². The van der Waals surface area contributed by atoms with Crippen LogP contribution >= 0.6 is 0 Å². The molecule has 0 aliphatic rings. The Morgan fingerprint density at radius 2 is 1.71 bits per heavy atom. The van der Waals surface area contributed by atoms with Crippen LogP contribution in [0.25, 0.3) is 0 Å². The first-order chi connectivity index (χ1) is 13.0. The maximum absolute atomic E-state index is 12.8. The Morgan fingerprint density at radius 1 is 1.07 bits per heavy atom. The molecule has 0 heterocycles. The van der Waals surface area contributed by atoms with Crippen LogP contribution in [0, 0.1) is 10.1 Å². The van der Waals surface area contributed by atoms with Gasteiger partial charge in [0.15, 0.2) is 0 Å². The van der Waals surface area contributed by atoms with Crippen molar-refractivity contribution in [1.82, 2.24) is 0 Å². The van der Waals surface area contributed by atoms with Gasteiger partial charge in [0.1, 0.15) is 11.7 Å². The van der Waals surface area contributed by atoms with Gasteiger partial charge < -0.3 is 10.6 Å². The second kappa shape index (κ2) is 8.28. The fraction of sp³-hybridized carbons (Fsp3) is 0.316. The molecule has 0 unspecified atom stereocenters. The smallest absolute Gasteiger partial charge is 0.368 e. The van der Waals surface area contributed by atoms with Gasteiger partial charge in [0, 0.05) is 11.8 Å². The summed E-state index contributed by atoms with van der Waals surface area (Å²) in [6.07, 6.45) is -4.70. The minimum atomic E-state index is -4.70. The highest BCUT2D eigenvalue weighted by atomic mass is 19.4. The number of anilines is 2. The van der Waals surface area contributed by atoms with Crippen molar-refractivity contribution in [3.05, 3.63) is 63.7 Å². The van der Waals surface area contributed by atoms with Gasteiger partial charge in [-0.25, -0.2) is 0 Å². The summed E-state index contributed by atoms with van der Waals surface area (Å²) in [6.45, 7) is 5.41. The van der Waals surface area contributed by atoms with Crippen molar-refractivity contribution >= 4 is 23.0 Å². The van der Waals surface area contributed by atoms with E-state index in [1.54, 1.807) is 12.1 Å². The number of nitrogens with zero attached hydrogens (tertiary/aromatic N) is 1. The molecular formula is C19H20F3N3O3. The third-order valence-electron chi connectivity index (χ3n) is 4.13. The Morgan fingerprint density at radius 3 is 2.29 bits per heavy atom. The molecule has 0 spiro atoms. The Kier molecular flexibility index (Phi) is 6.27. The number of halogens is 3. The van der Waals surface area contributed by atoms with Gasteiger partial charge in [0.25, 0.3) is 5.69 Å². The van der Waals surface area contributed by atoms with Gasteiger partial charge in [-0.1, -0.05) is 32.0 Å². The first-order valence-electron chi connectivity index (χ1n) is 8.52. The topological polar surface area (TPSA) is 84.3 Å². The van der Waals surface area contributed by atoms with Gasteiger partial charge in [-0.3, -0.25) is 14.9 Å². The van der Waals surface area contributed by atoms with Crippen molar-refractivity contribution in [3.8, 4) is 0 Å². The molecule has 1 atom stereocenters. The summed E-state index contributed by atoms with van der Waals surface area (Å²) in [5.74, 6) is -0.307. The third kappa shape index (κ3) is 4.99. The normalized spacial score (nSPS) is 12.5. The van der Waals surface area contributed by atoms with E-state index >= 15 is 0 Å². The Labute approximate surface area is 159 Å². The maximum atomic E-state index is 12.8. The highest BCUT2D eigenvalue weighted by molar-refractivity contribution is 5.97. The monoisotopic (exact) mass is 395 g/mol. The second-order valence-electron chi connectivity index (χ2n) is 6.58. The summed E-state index contributed by atoms with van der Waals surface area (Å²) < 4.78 is 38.4. The van der Waals surface area contributed by atoms with Crippen LogP contribution in [0.2, 0.25) is 0 Å². The minimum Gasteiger partial charge on any atom is -0.368 e. The van der Waals surface area contributed by atoms with Crippen LogP contribution in [0.1, 0.15) is 37.8 Å². The summed E-state index contributed by atoms with van der Waals surface area (Å²) in [5, 5.41) is 16.5. The van der Waals surface area contributed by atoms with Gasteiger partial charge in [0.05, 0.1) is 10.5 Å². The molecule has 0 radical (unpaired) electrons. The number of carbonyl (C=O) groups excluding carboxylic acids is 1. The van der Waals surface area contributed by atoms with Crippen molar-refractivity contribution in [2.24, 2.45) is 0 Å². The fourth-order valence-corrected chi connectivity index (χ4v) is 2.64. The average molecular weight is 395 g/mol. The van der Waals surface area contributed by atoms with E-state index in [2.05, 4.69) is 10.6 Å². The van der Waals surface area contributed by atoms with E-state index in [9.17, 15) is 28.1 Å². The highest BCUT2D eigenvalue weighted by Gasteiger charge is 2.33. The molecule has 0 fully saturated rings. The Bertz CT molecular complexity index is 882. The summed E-state index contributed by atoms with van der Waals surface area (Å²) in [6, 6.07) is 8.43. The molecule has 2 aromatic rings. The minimum absolute atomic E-state index is 0.163. The second-order valence-corrected chi connectivity index (χ2v) is 6.58. The molecule has 2 rings (SSSR count). The number of hydrogen-bond acceptors (Lipinski definition) is 4. The summed E-state index contributed by atoms with van der Waals surface area (Å²) in [5.41, 5.74) is -0.524. The highest BCUT2D eigenvalue weighted by Crippen LogP contribution is 2.35. The molecule has 6 nitrogen and oxygen atoms in total. The number of nitro benzene ring substituents is 1. The predicted octanol–water partition coefficient (Wildman–Crippen LogP) is 5.18. The van der Waals surface area contributed by atoms with Crippen molar-refractivity contribution < 1.29 is 22.9 Å². The zero-order valence-electron chi connectivity index (χ0n) is 15.5. The van der Waals surface area contributed by atoms with Crippen LogP contribution in [-0.4, -0.2) is 16.9 Å². The number of amides is 1. The van der Waals surface area contributed by atoms with Crippen LogP contribution in [-0.2, 0) is 11.0 Å². The quantitative estimate of drug-likeness (QED) is 0.522. The van der Waals surface area contributed by atoms with Gasteiger partial charge >= 0.3 is 6.18 Å². The molecule has 0 aliphatic heterocycles. The van der Waals surface area contributed by atoms with Gasteiger partial charge in [-0.15, -0.1) is 0 Å². The van der Waals surface area contributed by atoms with Crippen molar-refractivity contribution in [2.75, 3.05) is 10.6 Å². The number of para-hydroxylation sites is 1. The maximum Gasteiger partial charge on any atom is 0.416 e. The van der Waals surface area contributed by atoms with Crippen LogP contribution in [0.15, 0.2) is 42.5 Å². The molecule has 1 amide bonds. The van der Waals surface area contributed by atoms with Crippen LogP contribution in [0.5, 0.6) is 0 Å². The molecule has 0 aliphatic carbocycles. The molecular weight excluding hydrogens is 375 g/mol. The molecule has 2 aromatic carbocycles. The van der Waals surface area contributed by atoms with Gasteiger partial charge in [-0.2, -0.15) is 13.2 Å². The number of alkyl halides is 3. The zero-order chi connectivity index (χ0) is 21.1. The largest absolute Gasteiger partial charge is 0.416 e.